The van der Waals surface area contributed by atoms with Gasteiger partial charge >= 0.3 is 5.97 Å². The number of carboxylic acid groups (broad SMARTS) is 1. The minimum absolute atomic E-state index is 0.140. The maximum Gasteiger partial charge on any atom is 0.358 e. The molecule has 1 amide bonds. The summed E-state index contributed by atoms with van der Waals surface area (Å²) in [5.74, 6) is -4.91. The quantitative estimate of drug-likeness (QED) is 0.513. The van der Waals surface area contributed by atoms with Gasteiger partial charge in [0.05, 0.1) is 17.0 Å². The molecule has 0 saturated heterocycles. The third-order valence-electron chi connectivity index (χ3n) is 3.61. The lowest BCUT2D eigenvalue weighted by molar-refractivity contribution is -0.115. The van der Waals surface area contributed by atoms with Crippen LogP contribution < -0.4 is 10.9 Å². The van der Waals surface area contributed by atoms with Crippen molar-refractivity contribution in [1.29, 1.82) is 0 Å². The number of thiophene rings is 1. The highest BCUT2D eigenvalue weighted by Crippen LogP contribution is 2.31. The number of benzene rings is 1. The second-order valence-corrected chi connectivity index (χ2v) is 6.46. The number of rotatable bonds is 5. The monoisotopic (exact) mass is 407 g/mol. The van der Waals surface area contributed by atoms with Crippen molar-refractivity contribution in [1.82, 2.24) is 9.97 Å². The van der Waals surface area contributed by atoms with E-state index in [0.717, 1.165) is 29.5 Å². The average molecular weight is 407 g/mol. The zero-order valence-corrected chi connectivity index (χ0v) is 14.6. The number of nitrogens with one attached hydrogen (secondary N) is 2. The Hall–Kier alpha value is -3.60. The largest absolute Gasteiger partial charge is 0.501 e. The molecule has 0 radical (unpaired) electrons. The highest BCUT2D eigenvalue weighted by molar-refractivity contribution is 7.14. The van der Waals surface area contributed by atoms with E-state index in [1.807, 2.05) is 0 Å². The summed E-state index contributed by atoms with van der Waals surface area (Å²) in [6.45, 7) is 0. The molecule has 2 heterocycles. The van der Waals surface area contributed by atoms with E-state index in [1.54, 1.807) is 5.38 Å². The fourth-order valence-corrected chi connectivity index (χ4v) is 3.16. The number of carboxylic acids is 1. The van der Waals surface area contributed by atoms with Crippen LogP contribution in [0.4, 0.5) is 14.5 Å². The number of hydrogen-bond donors (Lipinski definition) is 4. The van der Waals surface area contributed by atoms with Gasteiger partial charge in [0, 0.05) is 5.56 Å². The number of aromatic hydroxyl groups is 1. The second kappa shape index (κ2) is 7.56. The van der Waals surface area contributed by atoms with E-state index in [-0.39, 0.29) is 22.0 Å². The first-order valence-electron chi connectivity index (χ1n) is 7.64. The van der Waals surface area contributed by atoms with Crippen molar-refractivity contribution >= 4 is 28.9 Å². The average Bonchev–Trinajstić information content (AvgIpc) is 3.08. The van der Waals surface area contributed by atoms with Gasteiger partial charge < -0.3 is 20.5 Å². The number of nitrogens with zero attached hydrogens (tertiary/aromatic N) is 1. The summed E-state index contributed by atoms with van der Waals surface area (Å²) < 4.78 is 26.9. The number of aromatic amines is 1. The van der Waals surface area contributed by atoms with Crippen molar-refractivity contribution in [2.24, 2.45) is 0 Å². The number of carbonyl (C=O) groups is 2. The van der Waals surface area contributed by atoms with E-state index in [4.69, 9.17) is 5.11 Å². The van der Waals surface area contributed by atoms with E-state index >= 15 is 0 Å². The molecule has 11 heteroatoms. The summed E-state index contributed by atoms with van der Waals surface area (Å²) in [5, 5.41) is 22.5. The van der Waals surface area contributed by atoms with Crippen molar-refractivity contribution in [3.63, 3.8) is 0 Å². The Morgan fingerprint density at radius 2 is 2.00 bits per heavy atom. The number of aromatic nitrogens is 2. The maximum atomic E-state index is 13.7. The van der Waals surface area contributed by atoms with Crippen molar-refractivity contribution in [3.8, 4) is 16.5 Å². The maximum absolute atomic E-state index is 13.7. The van der Waals surface area contributed by atoms with Crippen LogP contribution in [0.3, 0.4) is 0 Å². The molecule has 0 atom stereocenters. The molecule has 144 valence electrons. The predicted octanol–water partition coefficient (Wildman–Crippen LogP) is 2.36. The van der Waals surface area contributed by atoms with Crippen molar-refractivity contribution in [2.75, 3.05) is 5.32 Å². The van der Waals surface area contributed by atoms with E-state index in [0.29, 0.717) is 0 Å². The van der Waals surface area contributed by atoms with Crippen molar-refractivity contribution in [3.05, 3.63) is 62.9 Å². The number of anilines is 1. The molecule has 1 aromatic carbocycles. The van der Waals surface area contributed by atoms with Crippen LogP contribution in [0.5, 0.6) is 5.75 Å². The Kier molecular flexibility index (Phi) is 5.18. The van der Waals surface area contributed by atoms with Crippen LogP contribution in [-0.4, -0.2) is 32.1 Å². The van der Waals surface area contributed by atoms with Crippen LogP contribution in [0.25, 0.3) is 10.7 Å². The summed E-state index contributed by atoms with van der Waals surface area (Å²) in [4.78, 5) is 41.2. The first-order valence-corrected chi connectivity index (χ1v) is 8.52. The fraction of sp³-hybridized carbons (Fsp3) is 0.0588. The molecule has 0 aliphatic rings. The summed E-state index contributed by atoms with van der Waals surface area (Å²) in [6.07, 6.45) is -0.446. The fourth-order valence-electron chi connectivity index (χ4n) is 2.36. The van der Waals surface area contributed by atoms with Crippen LogP contribution in [0.1, 0.15) is 16.1 Å². The molecular weight excluding hydrogens is 396 g/mol. The molecule has 0 spiro atoms. The van der Waals surface area contributed by atoms with Crippen LogP contribution in [-0.2, 0) is 11.2 Å². The van der Waals surface area contributed by atoms with Crippen molar-refractivity contribution < 1.29 is 28.6 Å². The molecular formula is C17H11F2N3O5S. The van der Waals surface area contributed by atoms with Gasteiger partial charge in [-0.2, -0.15) is 0 Å². The van der Waals surface area contributed by atoms with Gasteiger partial charge in [0.15, 0.2) is 11.5 Å². The zero-order valence-electron chi connectivity index (χ0n) is 13.8. The highest BCUT2D eigenvalue weighted by atomic mass is 32.1. The molecule has 3 aromatic rings. The summed E-state index contributed by atoms with van der Waals surface area (Å²) in [7, 11) is 0. The lowest BCUT2D eigenvalue weighted by atomic mass is 10.1. The topological polar surface area (TPSA) is 132 Å². The van der Waals surface area contributed by atoms with E-state index < -0.39 is 46.9 Å². The molecule has 0 aliphatic carbocycles. The van der Waals surface area contributed by atoms with Gasteiger partial charge in [0.1, 0.15) is 11.6 Å². The number of halogens is 2. The Morgan fingerprint density at radius 1 is 1.25 bits per heavy atom. The van der Waals surface area contributed by atoms with Gasteiger partial charge in [-0.15, -0.1) is 11.3 Å². The van der Waals surface area contributed by atoms with E-state index in [9.17, 15) is 28.3 Å². The van der Waals surface area contributed by atoms with Crippen LogP contribution >= 0.6 is 11.3 Å². The first-order chi connectivity index (χ1) is 13.3. The van der Waals surface area contributed by atoms with Gasteiger partial charge in [0.25, 0.3) is 5.56 Å². The van der Waals surface area contributed by atoms with Gasteiger partial charge in [0.2, 0.25) is 11.7 Å². The van der Waals surface area contributed by atoms with Gasteiger partial charge in [-0.1, -0.05) is 0 Å². The second-order valence-electron chi connectivity index (χ2n) is 5.54. The highest BCUT2D eigenvalue weighted by Gasteiger charge is 2.20. The lowest BCUT2D eigenvalue weighted by Gasteiger charge is -2.08. The third-order valence-corrected chi connectivity index (χ3v) is 4.53. The molecule has 28 heavy (non-hydrogen) atoms. The number of carbonyl (C=O) groups excluding carboxylic acids is 1. The molecule has 0 saturated carbocycles. The lowest BCUT2D eigenvalue weighted by Crippen LogP contribution is -2.17. The summed E-state index contributed by atoms with van der Waals surface area (Å²) in [5.41, 5.74) is -1.86. The molecule has 3 rings (SSSR count). The predicted molar refractivity (Wildman–Crippen MR) is 95.5 cm³/mol. The van der Waals surface area contributed by atoms with Crippen molar-refractivity contribution in [2.45, 2.75) is 6.42 Å². The molecule has 0 bridgehead atoms. The van der Waals surface area contributed by atoms with Crippen LogP contribution in [0.15, 0.2) is 34.4 Å². The van der Waals surface area contributed by atoms with E-state index in [2.05, 4.69) is 15.3 Å². The molecule has 8 nitrogen and oxygen atoms in total. The smallest absolute Gasteiger partial charge is 0.358 e. The van der Waals surface area contributed by atoms with Crippen LogP contribution in [0, 0.1) is 11.6 Å². The molecule has 2 aromatic heterocycles. The van der Waals surface area contributed by atoms with Gasteiger partial charge in [-0.3, -0.25) is 9.59 Å². The zero-order chi connectivity index (χ0) is 20.4. The third kappa shape index (κ3) is 3.88. The Balaban J connectivity index is 1.89. The van der Waals surface area contributed by atoms with Gasteiger partial charge in [-0.25, -0.2) is 18.6 Å². The summed E-state index contributed by atoms with van der Waals surface area (Å²) in [6, 6.07) is 4.21. The first kappa shape index (κ1) is 19.2. The molecule has 0 unspecified atom stereocenters. The molecule has 0 fully saturated rings. The number of H-pyrrole nitrogens is 1. The Labute approximate surface area is 159 Å². The number of amides is 1. The normalized spacial score (nSPS) is 10.6. The standard InChI is InChI=1S/C17H11F2N3O5S/c18-8-1-2-9(19)7(5-8)6-11(23)20-10-3-4-28-14(10)15-21-12(17(26)27)13(24)16(25)22-15/h1-5,24H,6H2,(H,20,23)(H,26,27)(H,21,22,25). The minimum atomic E-state index is -1.60. The van der Waals surface area contributed by atoms with Gasteiger partial charge in [-0.05, 0) is 29.6 Å². The Bertz CT molecular complexity index is 1140. The minimum Gasteiger partial charge on any atom is -0.501 e. The van der Waals surface area contributed by atoms with E-state index in [1.165, 1.54) is 6.07 Å². The Morgan fingerprint density at radius 3 is 2.71 bits per heavy atom. The SMILES string of the molecule is O=C(Cc1cc(F)ccc1F)Nc1ccsc1-c1nc(C(=O)O)c(O)c(=O)[nH]1. The van der Waals surface area contributed by atoms with Crippen LogP contribution in [0.2, 0.25) is 0 Å². The number of aromatic carboxylic acids is 1. The number of hydrogen-bond acceptors (Lipinski definition) is 6. The summed E-state index contributed by atoms with van der Waals surface area (Å²) >= 11 is 1.04. The molecule has 4 N–H and O–H groups in total. The molecule has 0 aliphatic heterocycles.